The van der Waals surface area contributed by atoms with Crippen molar-refractivity contribution in [1.29, 1.82) is 0 Å². The van der Waals surface area contributed by atoms with Crippen molar-refractivity contribution in [3.63, 3.8) is 0 Å². The highest BCUT2D eigenvalue weighted by molar-refractivity contribution is 5.88. The molecule has 176 valence electrons. The third kappa shape index (κ3) is 3.85. The Kier molecular flexibility index (Phi) is 5.68. The summed E-state index contributed by atoms with van der Waals surface area (Å²) < 4.78 is 21.4. The second kappa shape index (κ2) is 8.33. The van der Waals surface area contributed by atoms with Crippen molar-refractivity contribution in [2.75, 3.05) is 13.7 Å². The number of aliphatic hydroxyl groups is 3. The van der Waals surface area contributed by atoms with Crippen LogP contribution in [0.3, 0.4) is 0 Å². The molecule has 33 heavy (non-hydrogen) atoms. The largest absolute Gasteiger partial charge is 0.508 e. The monoisotopic (exact) mass is 464 g/mol. The molecule has 1 fully saturated rings. The van der Waals surface area contributed by atoms with Gasteiger partial charge in [-0.2, -0.15) is 0 Å². The highest BCUT2D eigenvalue weighted by Crippen LogP contribution is 2.43. The Morgan fingerprint density at radius 2 is 1.70 bits per heavy atom. The number of benzene rings is 2. The van der Waals surface area contributed by atoms with E-state index < -0.39 is 65.4 Å². The summed E-state index contributed by atoms with van der Waals surface area (Å²) in [6.07, 6.45) is -6.40. The van der Waals surface area contributed by atoms with Crippen LogP contribution >= 0.6 is 0 Å². The summed E-state index contributed by atoms with van der Waals surface area (Å²) in [5.41, 5.74) is -1.21. The maximum absolute atomic E-state index is 13.3. The molecule has 1 aliphatic heterocycles. The van der Waals surface area contributed by atoms with Gasteiger partial charge in [0.05, 0.1) is 13.7 Å². The molecule has 0 amide bonds. The van der Waals surface area contributed by atoms with Crippen LogP contribution in [0.2, 0.25) is 0 Å². The molecule has 4 rings (SSSR count). The standard InChI is InChI=1S/C21H20O12/c1-30-13-3-7(2-10(24)15(13)26)19-20(33-21-18(29)16(27)11(25)6-31-21)17(28)14-9(23)4-8(22)5-12(14)32-19/h2-5,11,16,18,21-27,29H,6H2,1H3/t11-,16-,18+,21-/m1/s1. The fourth-order valence-electron chi connectivity index (χ4n) is 3.44. The summed E-state index contributed by atoms with van der Waals surface area (Å²) >= 11 is 0. The minimum atomic E-state index is -1.76. The molecule has 0 unspecified atom stereocenters. The van der Waals surface area contributed by atoms with E-state index in [1.807, 2.05) is 0 Å². The van der Waals surface area contributed by atoms with Gasteiger partial charge in [0.15, 0.2) is 17.3 Å². The van der Waals surface area contributed by atoms with Crippen molar-refractivity contribution in [1.82, 2.24) is 0 Å². The number of aromatic hydroxyl groups is 4. The fraction of sp³-hybridized carbons (Fsp3) is 0.286. The zero-order valence-electron chi connectivity index (χ0n) is 17.0. The van der Waals surface area contributed by atoms with E-state index >= 15 is 0 Å². The summed E-state index contributed by atoms with van der Waals surface area (Å²) in [5.74, 6) is -3.34. The van der Waals surface area contributed by atoms with Gasteiger partial charge in [-0.1, -0.05) is 0 Å². The van der Waals surface area contributed by atoms with Crippen molar-refractivity contribution in [3.8, 4) is 45.8 Å². The number of phenolic OH excluding ortho intramolecular Hbond substituents is 4. The molecular weight excluding hydrogens is 444 g/mol. The molecule has 1 aliphatic rings. The van der Waals surface area contributed by atoms with E-state index in [1.165, 1.54) is 13.2 Å². The number of phenols is 4. The topological polar surface area (TPSA) is 200 Å². The van der Waals surface area contributed by atoms with Crippen molar-refractivity contribution in [2.45, 2.75) is 24.6 Å². The molecule has 3 aromatic rings. The molecular formula is C21H20O12. The first kappa shape index (κ1) is 22.5. The van der Waals surface area contributed by atoms with E-state index in [4.69, 9.17) is 18.6 Å². The molecule has 7 N–H and O–H groups in total. The zero-order chi connectivity index (χ0) is 24.0. The summed E-state index contributed by atoms with van der Waals surface area (Å²) in [7, 11) is 1.22. The van der Waals surface area contributed by atoms with Crippen LogP contribution in [0.25, 0.3) is 22.3 Å². The number of rotatable bonds is 4. The van der Waals surface area contributed by atoms with Crippen LogP contribution in [-0.2, 0) is 4.74 Å². The minimum absolute atomic E-state index is 0.0233. The third-order valence-electron chi connectivity index (χ3n) is 5.14. The van der Waals surface area contributed by atoms with Crippen LogP contribution in [0.5, 0.6) is 34.5 Å². The van der Waals surface area contributed by atoms with Crippen LogP contribution in [0.1, 0.15) is 0 Å². The first-order chi connectivity index (χ1) is 15.6. The molecule has 0 aliphatic carbocycles. The van der Waals surface area contributed by atoms with Gasteiger partial charge in [0, 0.05) is 17.7 Å². The predicted molar refractivity (Wildman–Crippen MR) is 110 cm³/mol. The van der Waals surface area contributed by atoms with Crippen LogP contribution in [-0.4, -0.2) is 74.1 Å². The SMILES string of the molecule is COc1cc(-c2oc3cc(O)cc(O)c3c(=O)c2O[C@H]2OC[C@@H](O)[C@@H](O)[C@@H]2O)cc(O)c1O. The third-order valence-corrected chi connectivity index (χ3v) is 5.14. The van der Waals surface area contributed by atoms with Crippen LogP contribution in [0.15, 0.2) is 33.5 Å². The van der Waals surface area contributed by atoms with Crippen LogP contribution < -0.4 is 14.9 Å². The lowest BCUT2D eigenvalue weighted by molar-refractivity contribution is -0.242. The van der Waals surface area contributed by atoms with Crippen molar-refractivity contribution < 1.29 is 54.4 Å². The van der Waals surface area contributed by atoms with Crippen LogP contribution in [0, 0.1) is 0 Å². The highest BCUT2D eigenvalue weighted by Gasteiger charge is 2.40. The number of aliphatic hydroxyl groups excluding tert-OH is 3. The van der Waals surface area contributed by atoms with E-state index in [2.05, 4.69) is 0 Å². The summed E-state index contributed by atoms with van der Waals surface area (Å²) in [4.78, 5) is 13.3. The van der Waals surface area contributed by atoms with E-state index in [0.29, 0.717) is 0 Å². The average molecular weight is 464 g/mol. The number of fused-ring (bicyclic) bond motifs is 1. The number of ether oxygens (including phenoxy) is 3. The highest BCUT2D eigenvalue weighted by atomic mass is 16.7. The maximum Gasteiger partial charge on any atom is 0.239 e. The average Bonchev–Trinajstić information content (AvgIpc) is 2.76. The number of hydrogen-bond donors (Lipinski definition) is 7. The van der Waals surface area contributed by atoms with Gasteiger partial charge in [-0.3, -0.25) is 4.79 Å². The van der Waals surface area contributed by atoms with Gasteiger partial charge in [0.2, 0.25) is 23.2 Å². The van der Waals surface area contributed by atoms with Gasteiger partial charge < -0.3 is 54.4 Å². The molecule has 0 bridgehead atoms. The Labute approximate surface area is 184 Å². The van der Waals surface area contributed by atoms with E-state index in [0.717, 1.165) is 18.2 Å². The Morgan fingerprint density at radius 3 is 2.39 bits per heavy atom. The Morgan fingerprint density at radius 1 is 0.970 bits per heavy atom. The predicted octanol–water partition coefficient (Wildman–Crippen LogP) is 0.109. The van der Waals surface area contributed by atoms with E-state index in [1.54, 1.807) is 0 Å². The van der Waals surface area contributed by atoms with Crippen LogP contribution in [0.4, 0.5) is 0 Å². The molecule has 12 nitrogen and oxygen atoms in total. The van der Waals surface area contributed by atoms with Crippen molar-refractivity contribution in [3.05, 3.63) is 34.5 Å². The molecule has 0 radical (unpaired) electrons. The Hall–Kier alpha value is -3.71. The van der Waals surface area contributed by atoms with Gasteiger partial charge in [-0.25, -0.2) is 0 Å². The first-order valence-electron chi connectivity index (χ1n) is 9.58. The zero-order valence-corrected chi connectivity index (χ0v) is 17.0. The molecule has 12 heteroatoms. The summed E-state index contributed by atoms with van der Waals surface area (Å²) in [6, 6.07) is 4.22. The molecule has 2 aromatic carbocycles. The molecule has 2 heterocycles. The van der Waals surface area contributed by atoms with Gasteiger partial charge in [0.1, 0.15) is 40.8 Å². The van der Waals surface area contributed by atoms with E-state index in [-0.39, 0.29) is 28.0 Å². The van der Waals surface area contributed by atoms with Crippen molar-refractivity contribution >= 4 is 11.0 Å². The summed E-state index contributed by atoms with van der Waals surface area (Å²) in [5, 5.41) is 69.4. The van der Waals surface area contributed by atoms with Gasteiger partial charge >= 0.3 is 0 Å². The lowest BCUT2D eigenvalue weighted by Gasteiger charge is -2.34. The number of hydrogen-bond acceptors (Lipinski definition) is 12. The first-order valence-corrected chi connectivity index (χ1v) is 9.58. The molecule has 4 atom stereocenters. The smallest absolute Gasteiger partial charge is 0.239 e. The lowest BCUT2D eigenvalue weighted by atomic mass is 10.1. The summed E-state index contributed by atoms with van der Waals surface area (Å²) in [6.45, 7) is -0.413. The Balaban J connectivity index is 1.95. The maximum atomic E-state index is 13.3. The second-order valence-electron chi connectivity index (χ2n) is 7.34. The molecule has 0 spiro atoms. The molecule has 1 aromatic heterocycles. The number of methoxy groups -OCH3 is 1. The van der Waals surface area contributed by atoms with E-state index in [9.17, 15) is 40.5 Å². The second-order valence-corrected chi connectivity index (χ2v) is 7.34. The molecule has 1 saturated heterocycles. The van der Waals surface area contributed by atoms with Crippen molar-refractivity contribution in [2.24, 2.45) is 0 Å². The fourth-order valence-corrected chi connectivity index (χ4v) is 3.44. The molecule has 0 saturated carbocycles. The quantitative estimate of drug-likeness (QED) is 0.257. The normalized spacial score (nSPS) is 22.9. The lowest BCUT2D eigenvalue weighted by Crippen LogP contribution is -2.55. The van der Waals surface area contributed by atoms with Gasteiger partial charge in [-0.05, 0) is 12.1 Å². The van der Waals surface area contributed by atoms with Gasteiger partial charge in [-0.15, -0.1) is 0 Å². The minimum Gasteiger partial charge on any atom is -0.508 e. The Bertz CT molecular complexity index is 1270. The van der Waals surface area contributed by atoms with Gasteiger partial charge in [0.25, 0.3) is 0 Å².